The molecular formula is C16H13N5S2. The van der Waals surface area contributed by atoms with Crippen molar-refractivity contribution in [1.29, 1.82) is 0 Å². The van der Waals surface area contributed by atoms with Gasteiger partial charge >= 0.3 is 0 Å². The fraction of sp³-hybridized carbons (Fsp3) is 0.125. The van der Waals surface area contributed by atoms with Gasteiger partial charge in [-0.1, -0.05) is 30.3 Å². The molecule has 7 heteroatoms. The number of aromatic nitrogens is 5. The van der Waals surface area contributed by atoms with Crippen molar-refractivity contribution in [1.82, 2.24) is 24.7 Å². The van der Waals surface area contributed by atoms with Gasteiger partial charge in [0.25, 0.3) is 0 Å². The maximum absolute atomic E-state index is 4.42. The Morgan fingerprint density at radius 1 is 1.09 bits per heavy atom. The normalized spacial score (nSPS) is 11.2. The predicted octanol–water partition coefficient (Wildman–Crippen LogP) is 3.95. The fourth-order valence-corrected chi connectivity index (χ4v) is 4.12. The molecule has 4 rings (SSSR count). The molecule has 0 amide bonds. The van der Waals surface area contributed by atoms with E-state index in [0.29, 0.717) is 0 Å². The summed E-state index contributed by atoms with van der Waals surface area (Å²) in [5.74, 6) is 0.847. The van der Waals surface area contributed by atoms with E-state index in [4.69, 9.17) is 0 Å². The molecule has 0 fully saturated rings. The van der Waals surface area contributed by atoms with Gasteiger partial charge in [-0.15, -0.1) is 21.5 Å². The molecule has 0 aliphatic heterocycles. The molecular weight excluding hydrogens is 326 g/mol. The smallest absolute Gasteiger partial charge is 0.197 e. The quantitative estimate of drug-likeness (QED) is 0.529. The molecule has 0 N–H and O–H groups in total. The zero-order valence-corrected chi connectivity index (χ0v) is 14.2. The third kappa shape index (κ3) is 2.62. The maximum atomic E-state index is 4.42. The summed E-state index contributed by atoms with van der Waals surface area (Å²) in [7, 11) is 1.97. The lowest BCUT2D eigenvalue weighted by Gasteiger charge is -2.04. The Hall–Kier alpha value is -2.25. The Balaban J connectivity index is 1.73. The Morgan fingerprint density at radius 3 is 2.74 bits per heavy atom. The van der Waals surface area contributed by atoms with E-state index in [1.807, 2.05) is 41.9 Å². The lowest BCUT2D eigenvalue weighted by atomic mass is 10.2. The van der Waals surface area contributed by atoms with E-state index in [2.05, 4.69) is 33.2 Å². The summed E-state index contributed by atoms with van der Waals surface area (Å²) in [4.78, 5) is 11.0. The monoisotopic (exact) mass is 339 g/mol. The molecule has 0 spiro atoms. The molecule has 0 saturated heterocycles. The van der Waals surface area contributed by atoms with Crippen molar-refractivity contribution >= 4 is 33.3 Å². The lowest BCUT2D eigenvalue weighted by molar-refractivity contribution is 0.793. The summed E-state index contributed by atoms with van der Waals surface area (Å²) in [6, 6.07) is 12.2. The van der Waals surface area contributed by atoms with E-state index in [9.17, 15) is 0 Å². The third-order valence-electron chi connectivity index (χ3n) is 3.47. The molecule has 0 atom stereocenters. The van der Waals surface area contributed by atoms with Crippen LogP contribution < -0.4 is 0 Å². The first-order valence-corrected chi connectivity index (χ1v) is 8.69. The second-order valence-electron chi connectivity index (χ2n) is 5.09. The van der Waals surface area contributed by atoms with Crippen LogP contribution in [0.3, 0.4) is 0 Å². The standard InChI is InChI=1S/C16H13N5S2/c1-10-8-12-14(22-10)17-9-18-15(12)23-16-20-19-13(21(16)2)11-6-4-3-5-7-11/h3-9H,1-2H3. The molecule has 114 valence electrons. The molecule has 23 heavy (non-hydrogen) atoms. The second kappa shape index (κ2) is 5.75. The average molecular weight is 339 g/mol. The van der Waals surface area contributed by atoms with E-state index in [1.165, 1.54) is 16.6 Å². The van der Waals surface area contributed by atoms with Crippen molar-refractivity contribution in [3.05, 3.63) is 47.6 Å². The summed E-state index contributed by atoms with van der Waals surface area (Å²) in [5.41, 5.74) is 1.05. The fourth-order valence-electron chi connectivity index (χ4n) is 2.36. The molecule has 0 radical (unpaired) electrons. The van der Waals surface area contributed by atoms with Crippen LogP contribution in [0, 0.1) is 6.92 Å². The molecule has 3 aromatic heterocycles. The number of hydrogen-bond donors (Lipinski definition) is 0. The summed E-state index contributed by atoms with van der Waals surface area (Å²) in [6.07, 6.45) is 1.61. The largest absolute Gasteiger partial charge is 0.305 e. The molecule has 0 aliphatic carbocycles. The second-order valence-corrected chi connectivity index (χ2v) is 7.28. The molecule has 4 aromatic rings. The number of benzene rings is 1. The molecule has 0 bridgehead atoms. The SMILES string of the molecule is Cc1cc2c(Sc3nnc(-c4ccccc4)n3C)ncnc2s1. The van der Waals surface area contributed by atoms with Crippen molar-refractivity contribution in [3.63, 3.8) is 0 Å². The van der Waals surface area contributed by atoms with Gasteiger partial charge in [-0.25, -0.2) is 9.97 Å². The number of nitrogens with zero attached hydrogens (tertiary/aromatic N) is 5. The van der Waals surface area contributed by atoms with Crippen molar-refractivity contribution in [2.75, 3.05) is 0 Å². The van der Waals surface area contributed by atoms with E-state index >= 15 is 0 Å². The van der Waals surface area contributed by atoms with Gasteiger partial charge in [0.15, 0.2) is 11.0 Å². The highest BCUT2D eigenvalue weighted by atomic mass is 32.2. The van der Waals surface area contributed by atoms with Crippen molar-refractivity contribution in [2.45, 2.75) is 17.1 Å². The number of fused-ring (bicyclic) bond motifs is 1. The highest BCUT2D eigenvalue weighted by Gasteiger charge is 2.15. The minimum atomic E-state index is 0.813. The van der Waals surface area contributed by atoms with Crippen LogP contribution in [0.15, 0.2) is 52.9 Å². The van der Waals surface area contributed by atoms with Crippen LogP contribution in [-0.4, -0.2) is 24.7 Å². The highest BCUT2D eigenvalue weighted by Crippen LogP contribution is 2.34. The third-order valence-corrected chi connectivity index (χ3v) is 5.49. The molecule has 5 nitrogen and oxygen atoms in total. The molecule has 3 heterocycles. The summed E-state index contributed by atoms with van der Waals surface area (Å²) in [5, 5.41) is 11.4. The van der Waals surface area contributed by atoms with E-state index in [1.54, 1.807) is 17.7 Å². The number of rotatable bonds is 3. The summed E-state index contributed by atoms with van der Waals surface area (Å²) >= 11 is 3.19. The van der Waals surface area contributed by atoms with Gasteiger partial charge in [-0.05, 0) is 24.8 Å². The van der Waals surface area contributed by atoms with Crippen LogP contribution in [0.5, 0.6) is 0 Å². The Morgan fingerprint density at radius 2 is 1.91 bits per heavy atom. The van der Waals surface area contributed by atoms with Gasteiger partial charge in [0.05, 0.1) is 0 Å². The molecule has 1 aromatic carbocycles. The van der Waals surface area contributed by atoms with Crippen LogP contribution in [-0.2, 0) is 7.05 Å². The van der Waals surface area contributed by atoms with Crippen molar-refractivity contribution in [3.8, 4) is 11.4 Å². The van der Waals surface area contributed by atoms with Gasteiger partial charge in [-0.3, -0.25) is 0 Å². The summed E-state index contributed by atoms with van der Waals surface area (Å²) < 4.78 is 1.99. The van der Waals surface area contributed by atoms with Gasteiger partial charge in [-0.2, -0.15) is 0 Å². The minimum Gasteiger partial charge on any atom is -0.305 e. The average Bonchev–Trinajstić information content (AvgIpc) is 3.12. The van der Waals surface area contributed by atoms with E-state index in [0.717, 1.165) is 31.8 Å². The van der Waals surface area contributed by atoms with Gasteiger partial charge in [0.2, 0.25) is 0 Å². The lowest BCUT2D eigenvalue weighted by Crippen LogP contribution is -1.95. The molecule has 0 unspecified atom stereocenters. The zero-order chi connectivity index (χ0) is 15.8. The van der Waals surface area contributed by atoms with Crippen LogP contribution in [0.4, 0.5) is 0 Å². The Labute approximate surface area is 141 Å². The number of thiophene rings is 1. The molecule has 0 aliphatic rings. The Kier molecular flexibility index (Phi) is 3.59. The number of hydrogen-bond acceptors (Lipinski definition) is 6. The molecule has 0 saturated carbocycles. The first kappa shape index (κ1) is 14.3. The van der Waals surface area contributed by atoms with Crippen LogP contribution >= 0.6 is 23.1 Å². The highest BCUT2D eigenvalue weighted by molar-refractivity contribution is 7.99. The minimum absolute atomic E-state index is 0.813. The zero-order valence-electron chi connectivity index (χ0n) is 12.6. The van der Waals surface area contributed by atoms with Crippen molar-refractivity contribution < 1.29 is 0 Å². The van der Waals surface area contributed by atoms with E-state index < -0.39 is 0 Å². The first-order valence-electron chi connectivity index (χ1n) is 7.06. The Bertz CT molecular complexity index is 975. The first-order chi connectivity index (χ1) is 11.2. The van der Waals surface area contributed by atoms with Crippen molar-refractivity contribution in [2.24, 2.45) is 7.05 Å². The summed E-state index contributed by atoms with van der Waals surface area (Å²) in [6.45, 7) is 2.08. The van der Waals surface area contributed by atoms with Gasteiger partial charge < -0.3 is 4.57 Å². The van der Waals surface area contributed by atoms with Gasteiger partial charge in [0, 0.05) is 22.9 Å². The van der Waals surface area contributed by atoms with E-state index in [-0.39, 0.29) is 0 Å². The van der Waals surface area contributed by atoms with Gasteiger partial charge in [0.1, 0.15) is 16.2 Å². The predicted molar refractivity (Wildman–Crippen MR) is 92.7 cm³/mol. The van der Waals surface area contributed by atoms with Crippen LogP contribution in [0.1, 0.15) is 4.88 Å². The number of aryl methyl sites for hydroxylation is 1. The topological polar surface area (TPSA) is 56.5 Å². The maximum Gasteiger partial charge on any atom is 0.197 e. The van der Waals surface area contributed by atoms with Crippen LogP contribution in [0.2, 0.25) is 0 Å². The van der Waals surface area contributed by atoms with Crippen LogP contribution in [0.25, 0.3) is 21.6 Å².